The van der Waals surface area contributed by atoms with E-state index in [1.807, 2.05) is 0 Å². The number of nitrogens with zero attached hydrogens (tertiary/aromatic N) is 1. The molecule has 0 aromatic heterocycles. The molecule has 2 aliphatic rings. The van der Waals surface area contributed by atoms with Gasteiger partial charge in [0.05, 0.1) is 21.3 Å². The summed E-state index contributed by atoms with van der Waals surface area (Å²) < 4.78 is 43.9. The summed E-state index contributed by atoms with van der Waals surface area (Å²) in [6.45, 7) is 0.964. The molecule has 2 aliphatic heterocycles. The molecule has 0 saturated carbocycles. The molecular weight excluding hydrogens is 368 g/mol. The molecule has 0 spiro atoms. The minimum absolute atomic E-state index is 0. The van der Waals surface area contributed by atoms with Gasteiger partial charge in [-0.3, -0.25) is 0 Å². The third-order valence-corrected chi connectivity index (χ3v) is 6.68. The van der Waals surface area contributed by atoms with Crippen LogP contribution in [0, 0.1) is 0 Å². The Hall–Kier alpha value is -1.22. The zero-order chi connectivity index (χ0) is 17.3. The van der Waals surface area contributed by atoms with Crippen LogP contribution in [0.2, 0.25) is 0 Å². The third kappa shape index (κ3) is 3.81. The molecule has 0 radical (unpaired) electrons. The van der Waals surface area contributed by atoms with E-state index in [1.165, 1.54) is 25.6 Å². The van der Waals surface area contributed by atoms with Gasteiger partial charge in [-0.2, -0.15) is 4.31 Å². The van der Waals surface area contributed by atoms with Crippen LogP contribution >= 0.6 is 12.4 Å². The van der Waals surface area contributed by atoms with Gasteiger partial charge in [-0.15, -0.1) is 12.4 Å². The number of hydrogen-bond acceptors (Lipinski definition) is 6. The largest absolute Gasteiger partial charge is 0.496 e. The highest BCUT2D eigenvalue weighted by Gasteiger charge is 2.38. The van der Waals surface area contributed by atoms with Gasteiger partial charge in [0.15, 0.2) is 4.90 Å². The molecule has 9 heteroatoms. The van der Waals surface area contributed by atoms with Crippen molar-refractivity contribution >= 4 is 22.4 Å². The second-order valence-electron chi connectivity index (χ2n) is 6.15. The number of methoxy groups -OCH3 is 3. The quantitative estimate of drug-likeness (QED) is 0.821. The zero-order valence-corrected chi connectivity index (χ0v) is 16.3. The van der Waals surface area contributed by atoms with Gasteiger partial charge < -0.3 is 19.5 Å². The standard InChI is InChI=1S/C16H24N2O5S.ClH/c1-21-13-8-14(22-2)16(15(9-13)23-3)24(19,20)18-7-6-11-4-5-12(10-18)17-11;/h8-9,11-12,17H,4-7,10H2,1-3H3;1H. The molecule has 0 aliphatic carbocycles. The van der Waals surface area contributed by atoms with Gasteiger partial charge in [0.25, 0.3) is 10.0 Å². The second-order valence-corrected chi connectivity index (χ2v) is 8.03. The molecule has 2 unspecified atom stereocenters. The summed E-state index contributed by atoms with van der Waals surface area (Å²) >= 11 is 0. The summed E-state index contributed by atoms with van der Waals surface area (Å²) in [4.78, 5) is 0.0612. The molecule has 0 amide bonds. The first kappa shape index (κ1) is 20.1. The highest BCUT2D eigenvalue weighted by atomic mass is 35.5. The normalized spacial score (nSPS) is 23.5. The fraction of sp³-hybridized carbons (Fsp3) is 0.625. The maximum absolute atomic E-state index is 13.3. The molecule has 7 nitrogen and oxygen atoms in total. The van der Waals surface area contributed by atoms with E-state index >= 15 is 0 Å². The van der Waals surface area contributed by atoms with E-state index in [4.69, 9.17) is 14.2 Å². The van der Waals surface area contributed by atoms with E-state index < -0.39 is 10.0 Å². The summed E-state index contributed by atoms with van der Waals surface area (Å²) in [5, 5.41) is 3.49. The summed E-state index contributed by atoms with van der Waals surface area (Å²) in [6, 6.07) is 3.76. The zero-order valence-electron chi connectivity index (χ0n) is 14.6. The van der Waals surface area contributed by atoms with Crippen molar-refractivity contribution in [3.63, 3.8) is 0 Å². The number of nitrogens with one attached hydrogen (secondary N) is 1. The minimum atomic E-state index is -3.73. The topological polar surface area (TPSA) is 77.1 Å². The van der Waals surface area contributed by atoms with Crippen molar-refractivity contribution < 1.29 is 22.6 Å². The molecule has 2 fully saturated rings. The molecule has 1 N–H and O–H groups in total. The van der Waals surface area contributed by atoms with Crippen LogP contribution < -0.4 is 19.5 Å². The first-order valence-electron chi connectivity index (χ1n) is 8.05. The fourth-order valence-corrected chi connectivity index (χ4v) is 5.26. The second kappa shape index (κ2) is 7.99. The van der Waals surface area contributed by atoms with E-state index in [0.717, 1.165) is 19.3 Å². The Kier molecular flexibility index (Phi) is 6.42. The molecule has 2 saturated heterocycles. The van der Waals surface area contributed by atoms with Crippen LogP contribution in [0.1, 0.15) is 19.3 Å². The van der Waals surface area contributed by atoms with E-state index in [2.05, 4.69) is 5.32 Å². The molecule has 2 bridgehead atoms. The summed E-state index contributed by atoms with van der Waals surface area (Å²) in [6.07, 6.45) is 2.94. The van der Waals surface area contributed by atoms with E-state index in [-0.39, 0.29) is 34.8 Å². The smallest absolute Gasteiger partial charge is 0.250 e. The van der Waals surface area contributed by atoms with Crippen molar-refractivity contribution in [3.05, 3.63) is 12.1 Å². The molecule has 142 valence electrons. The van der Waals surface area contributed by atoms with Crippen molar-refractivity contribution in [2.75, 3.05) is 34.4 Å². The fourth-order valence-electron chi connectivity index (χ4n) is 3.49. The lowest BCUT2D eigenvalue weighted by molar-refractivity contribution is 0.348. The van der Waals surface area contributed by atoms with E-state index in [9.17, 15) is 8.42 Å². The number of hydrogen-bond donors (Lipinski definition) is 1. The number of sulfonamides is 1. The predicted molar refractivity (Wildman–Crippen MR) is 96.7 cm³/mol. The Morgan fingerprint density at radius 2 is 1.60 bits per heavy atom. The van der Waals surface area contributed by atoms with Crippen LogP contribution in [0.5, 0.6) is 17.2 Å². The molecule has 2 heterocycles. The number of halogens is 1. The van der Waals surface area contributed by atoms with Crippen molar-refractivity contribution in [2.45, 2.75) is 36.2 Å². The Labute approximate surface area is 155 Å². The highest BCUT2D eigenvalue weighted by Crippen LogP contribution is 2.40. The maximum atomic E-state index is 13.3. The van der Waals surface area contributed by atoms with Crippen molar-refractivity contribution in [2.24, 2.45) is 0 Å². The van der Waals surface area contributed by atoms with E-state index in [0.29, 0.717) is 24.9 Å². The molecule has 1 aromatic rings. The van der Waals surface area contributed by atoms with Gasteiger partial charge in [0, 0.05) is 37.3 Å². The molecule has 25 heavy (non-hydrogen) atoms. The van der Waals surface area contributed by atoms with Gasteiger partial charge in [-0.1, -0.05) is 0 Å². The lowest BCUT2D eigenvalue weighted by Gasteiger charge is -2.25. The maximum Gasteiger partial charge on any atom is 0.250 e. The molecule has 2 atom stereocenters. The van der Waals surface area contributed by atoms with Crippen molar-refractivity contribution in [3.8, 4) is 17.2 Å². The number of fused-ring (bicyclic) bond motifs is 2. The van der Waals surface area contributed by atoms with Crippen molar-refractivity contribution in [1.82, 2.24) is 9.62 Å². The summed E-state index contributed by atoms with van der Waals surface area (Å²) in [7, 11) is 0.670. The lowest BCUT2D eigenvalue weighted by Crippen LogP contribution is -2.39. The Bertz CT molecular complexity index is 687. The van der Waals surface area contributed by atoms with Crippen LogP contribution in [-0.2, 0) is 10.0 Å². The molecule has 3 rings (SSSR count). The summed E-state index contributed by atoms with van der Waals surface area (Å²) in [5.41, 5.74) is 0. The SMILES string of the molecule is COc1cc(OC)c(S(=O)(=O)N2CCC3CCC(C2)N3)c(OC)c1.Cl. The summed E-state index contributed by atoms with van der Waals surface area (Å²) in [5.74, 6) is 0.946. The van der Waals surface area contributed by atoms with Crippen LogP contribution in [0.4, 0.5) is 0 Å². The monoisotopic (exact) mass is 392 g/mol. The van der Waals surface area contributed by atoms with Gasteiger partial charge in [-0.25, -0.2) is 8.42 Å². The van der Waals surface area contributed by atoms with Crippen LogP contribution in [0.25, 0.3) is 0 Å². The number of rotatable bonds is 5. The first-order chi connectivity index (χ1) is 11.5. The Morgan fingerprint density at radius 1 is 1.00 bits per heavy atom. The minimum Gasteiger partial charge on any atom is -0.496 e. The van der Waals surface area contributed by atoms with Crippen LogP contribution in [0.3, 0.4) is 0 Å². The van der Waals surface area contributed by atoms with Crippen LogP contribution in [-0.4, -0.2) is 59.2 Å². The number of ether oxygens (including phenoxy) is 3. The molecule has 1 aromatic carbocycles. The van der Waals surface area contributed by atoms with Gasteiger partial charge in [0.1, 0.15) is 17.2 Å². The number of benzene rings is 1. The van der Waals surface area contributed by atoms with Crippen molar-refractivity contribution in [1.29, 1.82) is 0 Å². The van der Waals surface area contributed by atoms with Gasteiger partial charge in [0.2, 0.25) is 0 Å². The Morgan fingerprint density at radius 3 is 2.16 bits per heavy atom. The average molecular weight is 393 g/mol. The molecular formula is C16H25ClN2O5S. The Balaban J connectivity index is 0.00000225. The average Bonchev–Trinajstić information content (AvgIpc) is 2.91. The third-order valence-electron chi connectivity index (χ3n) is 4.75. The lowest BCUT2D eigenvalue weighted by atomic mass is 10.1. The highest BCUT2D eigenvalue weighted by molar-refractivity contribution is 7.89. The van der Waals surface area contributed by atoms with E-state index in [1.54, 1.807) is 12.1 Å². The first-order valence-corrected chi connectivity index (χ1v) is 9.49. The van der Waals surface area contributed by atoms with Gasteiger partial charge in [-0.05, 0) is 19.3 Å². The predicted octanol–water partition coefficient (Wildman–Crippen LogP) is 1.65. The van der Waals surface area contributed by atoms with Gasteiger partial charge >= 0.3 is 0 Å². The van der Waals surface area contributed by atoms with Crippen LogP contribution in [0.15, 0.2) is 17.0 Å².